The molecule has 0 saturated heterocycles. The van der Waals surface area contributed by atoms with Crippen molar-refractivity contribution in [3.63, 3.8) is 0 Å². The van der Waals surface area contributed by atoms with Crippen LogP contribution in [0.3, 0.4) is 0 Å². The van der Waals surface area contributed by atoms with Gasteiger partial charge in [-0.15, -0.1) is 11.3 Å². The summed E-state index contributed by atoms with van der Waals surface area (Å²) < 4.78 is 0. The molecule has 0 bridgehead atoms. The average Bonchev–Trinajstić information content (AvgIpc) is 2.83. The van der Waals surface area contributed by atoms with Gasteiger partial charge in [-0.1, -0.05) is 38.1 Å². The van der Waals surface area contributed by atoms with Crippen LogP contribution in [0, 0.1) is 0 Å². The Labute approximate surface area is 105 Å². The van der Waals surface area contributed by atoms with Gasteiger partial charge in [0.1, 0.15) is 5.69 Å². The van der Waals surface area contributed by atoms with E-state index in [1.165, 1.54) is 16.9 Å². The van der Waals surface area contributed by atoms with Crippen LogP contribution >= 0.6 is 11.3 Å². The fraction of sp³-hybridized carbons (Fsp3) is 0.286. The number of benzene rings is 1. The molecular weight excluding hydrogens is 230 g/mol. The van der Waals surface area contributed by atoms with Crippen LogP contribution in [0.4, 0.5) is 0 Å². The van der Waals surface area contributed by atoms with Crippen LogP contribution in [-0.4, -0.2) is 10.8 Å². The van der Waals surface area contributed by atoms with E-state index >= 15 is 0 Å². The van der Waals surface area contributed by atoms with Gasteiger partial charge in [-0.25, -0.2) is 4.98 Å². The molecule has 0 aliphatic heterocycles. The molecule has 0 amide bonds. The van der Waals surface area contributed by atoms with Crippen LogP contribution in [-0.2, 0) is 6.42 Å². The summed E-state index contributed by atoms with van der Waals surface area (Å²) >= 11 is 1.45. The summed E-state index contributed by atoms with van der Waals surface area (Å²) in [6, 6.07) is 8.24. The number of carbonyl (C=O) groups excluding carboxylic acids is 1. The van der Waals surface area contributed by atoms with Crippen molar-refractivity contribution in [1.29, 1.82) is 0 Å². The van der Waals surface area contributed by atoms with Crippen LogP contribution in [0.2, 0.25) is 0 Å². The Balaban J connectivity index is 2.07. The molecule has 0 radical (unpaired) electrons. The van der Waals surface area contributed by atoms with E-state index < -0.39 is 0 Å². The molecule has 0 aliphatic carbocycles. The van der Waals surface area contributed by atoms with Gasteiger partial charge in [0, 0.05) is 11.8 Å². The quantitative estimate of drug-likeness (QED) is 0.769. The van der Waals surface area contributed by atoms with Crippen LogP contribution in [0.1, 0.15) is 41.4 Å². The molecule has 0 fully saturated rings. The second kappa shape index (κ2) is 5.23. The summed E-state index contributed by atoms with van der Waals surface area (Å²) in [4.78, 5) is 15.9. The maximum Gasteiger partial charge on any atom is 0.186 e. The summed E-state index contributed by atoms with van der Waals surface area (Å²) in [5, 5.41) is 1.80. The highest BCUT2D eigenvalue weighted by atomic mass is 32.1. The highest BCUT2D eigenvalue weighted by Gasteiger charge is 2.09. The topological polar surface area (TPSA) is 30.0 Å². The molecule has 2 nitrogen and oxygen atoms in total. The fourth-order valence-electron chi connectivity index (χ4n) is 1.65. The van der Waals surface area contributed by atoms with Gasteiger partial charge in [0.05, 0.1) is 5.51 Å². The Bertz CT molecular complexity index is 485. The zero-order valence-electron chi connectivity index (χ0n) is 10.0. The SMILES string of the molecule is CC(C)c1ccc(CC(=O)c2cscn2)cc1. The van der Waals surface area contributed by atoms with Gasteiger partial charge >= 0.3 is 0 Å². The third-order valence-electron chi connectivity index (χ3n) is 2.73. The minimum Gasteiger partial charge on any atom is -0.292 e. The highest BCUT2D eigenvalue weighted by molar-refractivity contribution is 7.07. The minimum atomic E-state index is 0.0866. The number of thiazole rings is 1. The lowest BCUT2D eigenvalue weighted by Crippen LogP contribution is -2.03. The van der Waals surface area contributed by atoms with E-state index in [-0.39, 0.29) is 5.78 Å². The standard InChI is InChI=1S/C14H15NOS/c1-10(2)12-5-3-11(4-6-12)7-14(16)13-8-17-9-15-13/h3-6,8-10H,7H2,1-2H3. The lowest BCUT2D eigenvalue weighted by atomic mass is 10.00. The van der Waals surface area contributed by atoms with Gasteiger partial charge in [0.25, 0.3) is 0 Å². The number of Topliss-reactive ketones (excluding diaryl/α,β-unsaturated/α-hetero) is 1. The summed E-state index contributed by atoms with van der Waals surface area (Å²) in [5.74, 6) is 0.613. The van der Waals surface area contributed by atoms with Crippen LogP contribution in [0.25, 0.3) is 0 Å². The molecule has 88 valence electrons. The maximum atomic E-state index is 11.8. The lowest BCUT2D eigenvalue weighted by molar-refractivity contribution is 0.0989. The molecule has 0 atom stereocenters. The molecule has 0 N–H and O–H groups in total. The Morgan fingerprint density at radius 1 is 1.29 bits per heavy atom. The van der Waals surface area contributed by atoms with Gasteiger partial charge in [0.15, 0.2) is 5.78 Å². The highest BCUT2D eigenvalue weighted by Crippen LogP contribution is 2.15. The Morgan fingerprint density at radius 2 is 2.00 bits per heavy atom. The summed E-state index contributed by atoms with van der Waals surface area (Å²) in [7, 11) is 0. The van der Waals surface area contributed by atoms with Gasteiger partial charge in [0.2, 0.25) is 0 Å². The van der Waals surface area contributed by atoms with Crippen LogP contribution in [0.15, 0.2) is 35.2 Å². The van der Waals surface area contributed by atoms with E-state index in [2.05, 4.69) is 31.0 Å². The number of hydrogen-bond acceptors (Lipinski definition) is 3. The lowest BCUT2D eigenvalue weighted by Gasteiger charge is -2.06. The van der Waals surface area contributed by atoms with E-state index in [0.29, 0.717) is 18.0 Å². The first-order valence-corrected chi connectivity index (χ1v) is 6.61. The van der Waals surface area contributed by atoms with E-state index in [1.807, 2.05) is 12.1 Å². The van der Waals surface area contributed by atoms with Crippen molar-refractivity contribution in [2.24, 2.45) is 0 Å². The molecule has 0 spiro atoms. The van der Waals surface area contributed by atoms with Crippen molar-refractivity contribution in [2.45, 2.75) is 26.2 Å². The number of nitrogens with zero attached hydrogens (tertiary/aromatic N) is 1. The smallest absolute Gasteiger partial charge is 0.186 e. The van der Waals surface area contributed by atoms with E-state index in [0.717, 1.165) is 5.56 Å². The second-order valence-electron chi connectivity index (χ2n) is 4.37. The zero-order valence-corrected chi connectivity index (χ0v) is 10.8. The van der Waals surface area contributed by atoms with Crippen molar-refractivity contribution in [1.82, 2.24) is 4.98 Å². The van der Waals surface area contributed by atoms with E-state index in [9.17, 15) is 4.79 Å². The number of carbonyl (C=O) groups is 1. The predicted molar refractivity (Wildman–Crippen MR) is 70.7 cm³/mol. The summed E-state index contributed by atoms with van der Waals surface area (Å²) in [6.07, 6.45) is 0.433. The van der Waals surface area contributed by atoms with Gasteiger partial charge in [-0.05, 0) is 17.0 Å². The normalized spacial score (nSPS) is 10.8. The van der Waals surface area contributed by atoms with Crippen molar-refractivity contribution >= 4 is 17.1 Å². The van der Waals surface area contributed by atoms with Gasteiger partial charge in [-0.3, -0.25) is 4.79 Å². The second-order valence-corrected chi connectivity index (χ2v) is 5.09. The van der Waals surface area contributed by atoms with Gasteiger partial charge in [-0.2, -0.15) is 0 Å². The first kappa shape index (κ1) is 12.0. The third-order valence-corrected chi connectivity index (χ3v) is 3.32. The monoisotopic (exact) mass is 245 g/mol. The number of rotatable bonds is 4. The molecule has 0 saturated carbocycles. The fourth-order valence-corrected chi connectivity index (χ4v) is 2.20. The molecule has 0 unspecified atom stereocenters. The van der Waals surface area contributed by atoms with Crippen LogP contribution in [0.5, 0.6) is 0 Å². The van der Waals surface area contributed by atoms with Crippen molar-refractivity contribution < 1.29 is 4.79 Å². The van der Waals surface area contributed by atoms with Crippen LogP contribution < -0.4 is 0 Å². The Kier molecular flexibility index (Phi) is 3.69. The number of ketones is 1. The molecule has 17 heavy (non-hydrogen) atoms. The summed E-state index contributed by atoms with van der Waals surface area (Å²) in [5.41, 5.74) is 4.61. The van der Waals surface area contributed by atoms with Crippen molar-refractivity contribution in [3.8, 4) is 0 Å². The first-order chi connectivity index (χ1) is 8.16. The first-order valence-electron chi connectivity index (χ1n) is 5.67. The number of aromatic nitrogens is 1. The van der Waals surface area contributed by atoms with Gasteiger partial charge < -0.3 is 0 Å². The maximum absolute atomic E-state index is 11.8. The van der Waals surface area contributed by atoms with E-state index in [4.69, 9.17) is 0 Å². The third kappa shape index (κ3) is 3.01. The summed E-state index contributed by atoms with van der Waals surface area (Å²) in [6.45, 7) is 4.32. The average molecular weight is 245 g/mol. The Morgan fingerprint density at radius 3 is 2.53 bits per heavy atom. The zero-order chi connectivity index (χ0) is 12.3. The predicted octanol–water partition coefficient (Wildman–Crippen LogP) is 3.69. The Hall–Kier alpha value is -1.48. The largest absolute Gasteiger partial charge is 0.292 e. The molecular formula is C14H15NOS. The van der Waals surface area contributed by atoms with Crippen molar-refractivity contribution in [2.75, 3.05) is 0 Å². The number of hydrogen-bond donors (Lipinski definition) is 0. The molecule has 2 aromatic rings. The van der Waals surface area contributed by atoms with Crippen molar-refractivity contribution in [3.05, 3.63) is 52.0 Å². The van der Waals surface area contributed by atoms with E-state index in [1.54, 1.807) is 10.9 Å². The molecule has 2 rings (SSSR count). The minimum absolute atomic E-state index is 0.0866. The molecule has 1 aromatic carbocycles. The molecule has 0 aliphatic rings. The molecule has 1 aromatic heterocycles. The molecule has 1 heterocycles. The molecule has 3 heteroatoms.